The van der Waals surface area contributed by atoms with Gasteiger partial charge >= 0.3 is 0 Å². The van der Waals surface area contributed by atoms with Crippen LogP contribution in [0.2, 0.25) is 0 Å². The van der Waals surface area contributed by atoms with E-state index in [0.29, 0.717) is 29.3 Å². The first-order chi connectivity index (χ1) is 11.1. The number of hydrogen-bond acceptors (Lipinski definition) is 4. The van der Waals surface area contributed by atoms with Gasteiger partial charge in [-0.2, -0.15) is 0 Å². The molecule has 0 aliphatic carbocycles. The van der Waals surface area contributed by atoms with E-state index in [1.807, 2.05) is 19.1 Å². The van der Waals surface area contributed by atoms with Crippen LogP contribution >= 0.6 is 0 Å². The van der Waals surface area contributed by atoms with Crippen molar-refractivity contribution in [3.8, 4) is 11.5 Å². The van der Waals surface area contributed by atoms with Gasteiger partial charge in [0.25, 0.3) is 5.91 Å². The molecule has 0 atom stereocenters. The molecule has 5 heteroatoms. The molecule has 1 amide bonds. The lowest BCUT2D eigenvalue weighted by atomic mass is 10.0. The second kappa shape index (κ2) is 7.45. The normalized spacial score (nSPS) is 10.0. The third-order valence-corrected chi connectivity index (χ3v) is 3.42. The Morgan fingerprint density at radius 3 is 2.74 bits per heavy atom. The van der Waals surface area contributed by atoms with Gasteiger partial charge in [-0.15, -0.1) is 6.58 Å². The van der Waals surface area contributed by atoms with Crippen LogP contribution in [0, 0.1) is 6.92 Å². The second-order valence-electron chi connectivity index (χ2n) is 4.99. The van der Waals surface area contributed by atoms with Crippen molar-refractivity contribution in [1.82, 2.24) is 4.98 Å². The minimum atomic E-state index is -0.252. The van der Waals surface area contributed by atoms with Gasteiger partial charge in [0.2, 0.25) is 0 Å². The SMILES string of the molecule is C=CCc1cc(C(=O)Nc2ncccc2C)cc(OC)c1OC. The van der Waals surface area contributed by atoms with E-state index in [2.05, 4.69) is 16.9 Å². The van der Waals surface area contributed by atoms with Gasteiger partial charge in [-0.05, 0) is 37.1 Å². The summed E-state index contributed by atoms with van der Waals surface area (Å²) in [4.78, 5) is 16.7. The quantitative estimate of drug-likeness (QED) is 0.831. The van der Waals surface area contributed by atoms with Gasteiger partial charge in [-0.25, -0.2) is 4.98 Å². The molecular formula is C18H20N2O3. The van der Waals surface area contributed by atoms with Crippen LogP contribution in [-0.2, 0) is 6.42 Å². The number of carbonyl (C=O) groups excluding carboxylic acids is 1. The largest absolute Gasteiger partial charge is 0.493 e. The van der Waals surface area contributed by atoms with Gasteiger partial charge in [0.15, 0.2) is 11.5 Å². The third-order valence-electron chi connectivity index (χ3n) is 3.42. The summed E-state index contributed by atoms with van der Waals surface area (Å²) < 4.78 is 10.7. The summed E-state index contributed by atoms with van der Waals surface area (Å²) in [6, 6.07) is 7.14. The predicted molar refractivity (Wildman–Crippen MR) is 90.4 cm³/mol. The van der Waals surface area contributed by atoms with E-state index in [9.17, 15) is 4.79 Å². The molecule has 0 unspecified atom stereocenters. The standard InChI is InChI=1S/C18H20N2O3/c1-5-7-13-10-14(11-15(22-3)16(13)23-4)18(21)20-17-12(2)8-6-9-19-17/h5-6,8-11H,1,7H2,2-4H3,(H,19,20,21). The van der Waals surface area contributed by atoms with Crippen LogP contribution in [0.3, 0.4) is 0 Å². The molecule has 1 aromatic heterocycles. The number of rotatable bonds is 6. The fourth-order valence-electron chi connectivity index (χ4n) is 2.28. The van der Waals surface area contributed by atoms with E-state index in [-0.39, 0.29) is 5.91 Å². The maximum atomic E-state index is 12.5. The highest BCUT2D eigenvalue weighted by atomic mass is 16.5. The molecule has 0 aliphatic rings. The van der Waals surface area contributed by atoms with Crippen LogP contribution in [0.15, 0.2) is 43.1 Å². The molecule has 0 saturated carbocycles. The zero-order valence-electron chi connectivity index (χ0n) is 13.6. The molecule has 0 fully saturated rings. The molecule has 120 valence electrons. The Morgan fingerprint density at radius 1 is 1.35 bits per heavy atom. The number of nitrogens with zero attached hydrogens (tertiary/aromatic N) is 1. The lowest BCUT2D eigenvalue weighted by Crippen LogP contribution is -2.14. The van der Waals surface area contributed by atoms with Crippen LogP contribution in [0.4, 0.5) is 5.82 Å². The number of carbonyl (C=O) groups is 1. The minimum absolute atomic E-state index is 0.252. The second-order valence-corrected chi connectivity index (χ2v) is 4.99. The van der Waals surface area contributed by atoms with Crippen LogP contribution in [-0.4, -0.2) is 25.1 Å². The summed E-state index contributed by atoms with van der Waals surface area (Å²) in [5, 5.41) is 2.81. The molecule has 0 aliphatic heterocycles. The van der Waals surface area contributed by atoms with Crippen molar-refractivity contribution in [3.05, 3.63) is 59.8 Å². The number of aryl methyl sites for hydroxylation is 1. The molecule has 1 aromatic carbocycles. The highest BCUT2D eigenvalue weighted by Crippen LogP contribution is 2.33. The van der Waals surface area contributed by atoms with E-state index < -0.39 is 0 Å². The highest BCUT2D eigenvalue weighted by molar-refractivity contribution is 6.04. The van der Waals surface area contributed by atoms with Gasteiger partial charge in [-0.3, -0.25) is 4.79 Å². The number of amides is 1. The van der Waals surface area contributed by atoms with E-state index in [1.54, 1.807) is 38.6 Å². The number of pyridine rings is 1. The molecule has 1 heterocycles. The first-order valence-corrected chi connectivity index (χ1v) is 7.19. The van der Waals surface area contributed by atoms with Crippen molar-refractivity contribution >= 4 is 11.7 Å². The average molecular weight is 312 g/mol. The summed E-state index contributed by atoms with van der Waals surface area (Å²) in [7, 11) is 3.11. The first-order valence-electron chi connectivity index (χ1n) is 7.19. The fourth-order valence-corrected chi connectivity index (χ4v) is 2.28. The molecule has 2 aromatic rings. The number of benzene rings is 1. The highest BCUT2D eigenvalue weighted by Gasteiger charge is 2.16. The zero-order chi connectivity index (χ0) is 16.8. The summed E-state index contributed by atoms with van der Waals surface area (Å²) in [6.45, 7) is 5.62. The minimum Gasteiger partial charge on any atom is -0.493 e. The van der Waals surface area contributed by atoms with Crippen LogP contribution in [0.5, 0.6) is 11.5 Å². The van der Waals surface area contributed by atoms with Crippen LogP contribution in [0.25, 0.3) is 0 Å². The summed E-state index contributed by atoms with van der Waals surface area (Å²) in [6.07, 6.45) is 3.96. The van der Waals surface area contributed by atoms with Crippen molar-refractivity contribution in [1.29, 1.82) is 0 Å². The van der Waals surface area contributed by atoms with Gasteiger partial charge in [0, 0.05) is 17.3 Å². The summed E-state index contributed by atoms with van der Waals surface area (Å²) in [5.41, 5.74) is 2.21. The van der Waals surface area contributed by atoms with Crippen LogP contribution < -0.4 is 14.8 Å². The van der Waals surface area contributed by atoms with E-state index in [0.717, 1.165) is 11.1 Å². The zero-order valence-corrected chi connectivity index (χ0v) is 13.6. The maximum Gasteiger partial charge on any atom is 0.256 e. The van der Waals surface area contributed by atoms with Crippen molar-refractivity contribution < 1.29 is 14.3 Å². The number of aromatic nitrogens is 1. The summed E-state index contributed by atoms with van der Waals surface area (Å²) >= 11 is 0. The van der Waals surface area contributed by atoms with Crippen molar-refractivity contribution in [2.24, 2.45) is 0 Å². The predicted octanol–water partition coefficient (Wildman–Crippen LogP) is 3.39. The Bertz CT molecular complexity index is 726. The third kappa shape index (κ3) is 3.69. The van der Waals surface area contributed by atoms with Crippen molar-refractivity contribution in [2.45, 2.75) is 13.3 Å². The number of nitrogens with one attached hydrogen (secondary N) is 1. The molecule has 0 saturated heterocycles. The number of hydrogen-bond donors (Lipinski definition) is 1. The van der Waals surface area contributed by atoms with E-state index >= 15 is 0 Å². The molecule has 23 heavy (non-hydrogen) atoms. The molecule has 0 bridgehead atoms. The Kier molecular flexibility index (Phi) is 5.36. The fraction of sp³-hybridized carbons (Fsp3) is 0.222. The Labute approximate surface area is 136 Å². The Balaban J connectivity index is 2.38. The van der Waals surface area contributed by atoms with Gasteiger partial charge in [0.1, 0.15) is 5.82 Å². The molecule has 5 nitrogen and oxygen atoms in total. The Morgan fingerprint density at radius 2 is 2.13 bits per heavy atom. The van der Waals surface area contributed by atoms with Crippen molar-refractivity contribution in [3.63, 3.8) is 0 Å². The topological polar surface area (TPSA) is 60.5 Å². The summed E-state index contributed by atoms with van der Waals surface area (Å²) in [5.74, 6) is 1.41. The van der Waals surface area contributed by atoms with Gasteiger partial charge in [0.05, 0.1) is 14.2 Å². The van der Waals surface area contributed by atoms with Gasteiger partial charge < -0.3 is 14.8 Å². The Hall–Kier alpha value is -2.82. The molecular weight excluding hydrogens is 292 g/mol. The number of methoxy groups -OCH3 is 2. The number of anilines is 1. The average Bonchev–Trinajstić information content (AvgIpc) is 2.56. The molecule has 0 spiro atoms. The lowest BCUT2D eigenvalue weighted by molar-refractivity contribution is 0.102. The first kappa shape index (κ1) is 16.5. The maximum absolute atomic E-state index is 12.5. The van der Waals surface area contributed by atoms with Crippen LogP contribution in [0.1, 0.15) is 21.5 Å². The van der Waals surface area contributed by atoms with Crippen molar-refractivity contribution in [2.75, 3.05) is 19.5 Å². The number of allylic oxidation sites excluding steroid dienone is 1. The number of ether oxygens (including phenoxy) is 2. The smallest absolute Gasteiger partial charge is 0.256 e. The molecule has 1 N–H and O–H groups in total. The van der Waals surface area contributed by atoms with E-state index in [4.69, 9.17) is 9.47 Å². The lowest BCUT2D eigenvalue weighted by Gasteiger charge is -2.14. The monoisotopic (exact) mass is 312 g/mol. The van der Waals surface area contributed by atoms with Gasteiger partial charge in [-0.1, -0.05) is 12.1 Å². The molecule has 2 rings (SSSR count). The van der Waals surface area contributed by atoms with E-state index in [1.165, 1.54) is 0 Å². The molecule has 0 radical (unpaired) electrons.